The third-order valence-corrected chi connectivity index (χ3v) is 4.97. The van der Waals surface area contributed by atoms with E-state index < -0.39 is 5.54 Å². The van der Waals surface area contributed by atoms with Crippen LogP contribution in [0.5, 0.6) is 0 Å². The van der Waals surface area contributed by atoms with Gasteiger partial charge in [0.15, 0.2) is 0 Å². The van der Waals surface area contributed by atoms with Crippen molar-refractivity contribution in [3.63, 3.8) is 0 Å². The van der Waals surface area contributed by atoms with Gasteiger partial charge in [0.2, 0.25) is 0 Å². The molecule has 110 valence electrons. The van der Waals surface area contributed by atoms with Crippen molar-refractivity contribution in [1.82, 2.24) is 0 Å². The standard InChI is InChI=1S/C15H19BrClNO2/c1-3-15(10-5-6-10,14(19)20-4-2)18-11-7-8-13(17)12(16)9-11/h7-10,18H,3-6H2,1-2H3. The second-order valence-corrected chi connectivity index (χ2v) is 6.34. The van der Waals surface area contributed by atoms with Crippen molar-refractivity contribution in [3.8, 4) is 0 Å². The monoisotopic (exact) mass is 359 g/mol. The number of hydrogen-bond acceptors (Lipinski definition) is 3. The molecule has 2 rings (SSSR count). The van der Waals surface area contributed by atoms with Gasteiger partial charge in [0.25, 0.3) is 0 Å². The summed E-state index contributed by atoms with van der Waals surface area (Å²) in [5, 5.41) is 4.05. The summed E-state index contributed by atoms with van der Waals surface area (Å²) >= 11 is 9.41. The molecule has 5 heteroatoms. The predicted octanol–water partition coefficient (Wildman–Crippen LogP) is 4.64. The molecule has 0 spiro atoms. The lowest BCUT2D eigenvalue weighted by atomic mass is 9.89. The molecule has 0 saturated heterocycles. The first-order valence-corrected chi connectivity index (χ1v) is 8.11. The molecule has 20 heavy (non-hydrogen) atoms. The van der Waals surface area contributed by atoms with Crippen LogP contribution < -0.4 is 5.32 Å². The Labute approximate surface area is 133 Å². The fourth-order valence-electron chi connectivity index (χ4n) is 2.51. The molecule has 1 N–H and O–H groups in total. The Morgan fingerprint density at radius 3 is 2.70 bits per heavy atom. The summed E-state index contributed by atoms with van der Waals surface area (Å²) in [5.41, 5.74) is 0.256. The Hall–Kier alpha value is -0.740. The maximum absolute atomic E-state index is 12.4. The van der Waals surface area contributed by atoms with Crippen molar-refractivity contribution in [2.75, 3.05) is 11.9 Å². The fraction of sp³-hybridized carbons (Fsp3) is 0.533. The topological polar surface area (TPSA) is 38.3 Å². The number of benzene rings is 1. The zero-order valence-corrected chi connectivity index (χ0v) is 14.1. The van der Waals surface area contributed by atoms with Crippen LogP contribution in [-0.4, -0.2) is 18.1 Å². The van der Waals surface area contributed by atoms with Crippen LogP contribution in [0.25, 0.3) is 0 Å². The van der Waals surface area contributed by atoms with Crippen molar-refractivity contribution < 1.29 is 9.53 Å². The number of anilines is 1. The molecule has 1 aromatic carbocycles. The molecule has 0 radical (unpaired) electrons. The number of halogens is 2. The maximum Gasteiger partial charge on any atom is 0.332 e. The summed E-state index contributed by atoms with van der Waals surface area (Å²) in [4.78, 5) is 12.4. The summed E-state index contributed by atoms with van der Waals surface area (Å²) in [7, 11) is 0. The molecule has 3 nitrogen and oxygen atoms in total. The zero-order valence-electron chi connectivity index (χ0n) is 11.7. The third-order valence-electron chi connectivity index (χ3n) is 3.76. The summed E-state index contributed by atoms with van der Waals surface area (Å²) in [6.07, 6.45) is 2.83. The van der Waals surface area contributed by atoms with E-state index in [9.17, 15) is 4.79 Å². The lowest BCUT2D eigenvalue weighted by molar-refractivity contribution is -0.149. The van der Waals surface area contributed by atoms with E-state index in [1.165, 1.54) is 0 Å². The lowest BCUT2D eigenvalue weighted by Gasteiger charge is -2.32. The van der Waals surface area contributed by atoms with Crippen LogP contribution in [0.3, 0.4) is 0 Å². The summed E-state index contributed by atoms with van der Waals surface area (Å²) < 4.78 is 6.10. The molecule has 1 aliphatic rings. The second-order valence-electron chi connectivity index (χ2n) is 5.07. The SMILES string of the molecule is CCOC(=O)C(CC)(Nc1ccc(Cl)c(Br)c1)C1CC1. The number of rotatable bonds is 6. The lowest BCUT2D eigenvalue weighted by Crippen LogP contribution is -2.49. The van der Waals surface area contributed by atoms with Crippen molar-refractivity contribution in [2.45, 2.75) is 38.6 Å². The van der Waals surface area contributed by atoms with E-state index in [2.05, 4.69) is 21.2 Å². The Morgan fingerprint density at radius 2 is 2.20 bits per heavy atom. The first-order valence-electron chi connectivity index (χ1n) is 6.94. The Morgan fingerprint density at radius 1 is 1.50 bits per heavy atom. The molecular weight excluding hydrogens is 342 g/mol. The van der Waals surface area contributed by atoms with E-state index in [-0.39, 0.29) is 5.97 Å². The minimum atomic E-state index is -0.622. The van der Waals surface area contributed by atoms with Crippen molar-refractivity contribution >= 4 is 39.2 Å². The number of hydrogen-bond donors (Lipinski definition) is 1. The summed E-state index contributed by atoms with van der Waals surface area (Å²) in [5.74, 6) is 0.192. The molecule has 0 aliphatic heterocycles. The van der Waals surface area contributed by atoms with Gasteiger partial charge in [0, 0.05) is 10.2 Å². The van der Waals surface area contributed by atoms with Crippen LogP contribution in [0.15, 0.2) is 22.7 Å². The Kier molecular flexibility index (Phi) is 4.97. The molecule has 1 aliphatic carbocycles. The van der Waals surface area contributed by atoms with Gasteiger partial charge in [-0.15, -0.1) is 0 Å². The highest BCUT2D eigenvalue weighted by Crippen LogP contribution is 2.44. The van der Waals surface area contributed by atoms with Crippen LogP contribution >= 0.6 is 27.5 Å². The summed E-state index contributed by atoms with van der Waals surface area (Å²) in [6, 6.07) is 5.60. The van der Waals surface area contributed by atoms with E-state index in [1.807, 2.05) is 32.0 Å². The number of nitrogens with one attached hydrogen (secondary N) is 1. The quantitative estimate of drug-likeness (QED) is 0.751. The minimum Gasteiger partial charge on any atom is -0.464 e. The minimum absolute atomic E-state index is 0.156. The molecule has 1 fully saturated rings. The van der Waals surface area contributed by atoms with E-state index in [1.54, 1.807) is 0 Å². The first-order chi connectivity index (χ1) is 9.53. The number of carbonyl (C=O) groups is 1. The molecule has 0 amide bonds. The second kappa shape index (κ2) is 6.35. The highest BCUT2D eigenvalue weighted by atomic mass is 79.9. The van der Waals surface area contributed by atoms with Gasteiger partial charge in [-0.2, -0.15) is 0 Å². The zero-order chi connectivity index (χ0) is 14.8. The molecule has 1 unspecified atom stereocenters. The molecule has 1 atom stereocenters. The van der Waals surface area contributed by atoms with E-state index in [0.717, 1.165) is 23.0 Å². The van der Waals surface area contributed by atoms with Crippen LogP contribution in [0.2, 0.25) is 5.02 Å². The van der Waals surface area contributed by atoms with E-state index in [0.29, 0.717) is 24.0 Å². The maximum atomic E-state index is 12.4. The van der Waals surface area contributed by atoms with Gasteiger partial charge in [-0.25, -0.2) is 4.79 Å². The normalized spacial score (nSPS) is 17.4. The smallest absolute Gasteiger partial charge is 0.332 e. The highest BCUT2D eigenvalue weighted by molar-refractivity contribution is 9.10. The number of ether oxygens (including phenoxy) is 1. The average molecular weight is 361 g/mol. The average Bonchev–Trinajstić information content (AvgIpc) is 3.25. The molecular formula is C15H19BrClNO2. The van der Waals surface area contributed by atoms with Gasteiger partial charge in [-0.05, 0) is 66.2 Å². The van der Waals surface area contributed by atoms with Crippen molar-refractivity contribution in [2.24, 2.45) is 5.92 Å². The van der Waals surface area contributed by atoms with Crippen molar-refractivity contribution in [1.29, 1.82) is 0 Å². The number of esters is 1. The van der Waals surface area contributed by atoms with Crippen LogP contribution in [0.1, 0.15) is 33.1 Å². The predicted molar refractivity (Wildman–Crippen MR) is 85.2 cm³/mol. The fourth-order valence-corrected chi connectivity index (χ4v) is 3.00. The van der Waals surface area contributed by atoms with Crippen LogP contribution in [0.4, 0.5) is 5.69 Å². The van der Waals surface area contributed by atoms with Gasteiger partial charge in [-0.1, -0.05) is 18.5 Å². The Balaban J connectivity index is 2.27. The third kappa shape index (κ3) is 3.12. The highest BCUT2D eigenvalue weighted by Gasteiger charge is 2.50. The van der Waals surface area contributed by atoms with Gasteiger partial charge in [0.05, 0.1) is 11.6 Å². The van der Waals surface area contributed by atoms with Gasteiger partial charge < -0.3 is 10.1 Å². The largest absolute Gasteiger partial charge is 0.464 e. The van der Waals surface area contributed by atoms with Gasteiger partial charge >= 0.3 is 5.97 Å². The van der Waals surface area contributed by atoms with Crippen LogP contribution in [0, 0.1) is 5.92 Å². The Bertz CT molecular complexity index is 505. The van der Waals surface area contributed by atoms with E-state index in [4.69, 9.17) is 16.3 Å². The molecule has 1 aromatic rings. The van der Waals surface area contributed by atoms with Gasteiger partial charge in [-0.3, -0.25) is 0 Å². The van der Waals surface area contributed by atoms with Crippen molar-refractivity contribution in [3.05, 3.63) is 27.7 Å². The van der Waals surface area contributed by atoms with E-state index >= 15 is 0 Å². The summed E-state index contributed by atoms with van der Waals surface area (Å²) in [6.45, 7) is 4.26. The molecule has 0 heterocycles. The number of carbonyl (C=O) groups excluding carboxylic acids is 1. The molecule has 0 bridgehead atoms. The first kappa shape index (κ1) is 15.6. The van der Waals surface area contributed by atoms with Gasteiger partial charge in [0.1, 0.15) is 5.54 Å². The molecule has 1 saturated carbocycles. The molecule has 0 aromatic heterocycles. The van der Waals surface area contributed by atoms with Crippen LogP contribution in [-0.2, 0) is 9.53 Å².